The highest BCUT2D eigenvalue weighted by Gasteiger charge is 2.02. The first-order valence-electron chi connectivity index (χ1n) is 4.29. The van der Waals surface area contributed by atoms with E-state index in [4.69, 9.17) is 9.52 Å². The zero-order valence-electron chi connectivity index (χ0n) is 7.84. The third kappa shape index (κ3) is 2.70. The summed E-state index contributed by atoms with van der Waals surface area (Å²) in [5.41, 5.74) is 2.46. The molecule has 80 valence electrons. The van der Waals surface area contributed by atoms with Crippen LogP contribution in [0.4, 0.5) is 0 Å². The Kier molecular flexibility index (Phi) is 3.68. The maximum Gasteiger partial charge on any atom is 0.303 e. The molecular formula is C10H10ClNO3. The molecule has 1 heterocycles. The maximum absolute atomic E-state index is 10.4. The minimum absolute atomic E-state index is 0. The molecule has 1 N–H and O–H groups in total. The first-order valence-corrected chi connectivity index (χ1v) is 4.29. The largest absolute Gasteiger partial charge is 0.481 e. The lowest BCUT2D eigenvalue weighted by Crippen LogP contribution is -1.97. The zero-order valence-corrected chi connectivity index (χ0v) is 8.66. The van der Waals surface area contributed by atoms with Crippen molar-refractivity contribution in [3.63, 3.8) is 0 Å². The second-order valence-electron chi connectivity index (χ2n) is 3.05. The lowest BCUT2D eigenvalue weighted by Gasteiger charge is -1.96. The van der Waals surface area contributed by atoms with Gasteiger partial charge in [-0.25, -0.2) is 4.98 Å². The SMILES string of the molecule is Cl.O=C(O)CCc1ccc2ocnc2c1. The molecule has 4 nitrogen and oxygen atoms in total. The van der Waals surface area contributed by atoms with Crippen molar-refractivity contribution < 1.29 is 14.3 Å². The number of nitrogens with zero attached hydrogens (tertiary/aromatic N) is 1. The Morgan fingerprint density at radius 2 is 2.27 bits per heavy atom. The number of carbonyl (C=O) groups is 1. The van der Waals surface area contributed by atoms with Gasteiger partial charge in [0.15, 0.2) is 12.0 Å². The number of aryl methyl sites for hydroxylation is 1. The van der Waals surface area contributed by atoms with Crippen LogP contribution in [0, 0.1) is 0 Å². The van der Waals surface area contributed by atoms with Crippen LogP contribution in [0.25, 0.3) is 11.1 Å². The van der Waals surface area contributed by atoms with Crippen molar-refractivity contribution in [1.82, 2.24) is 4.98 Å². The molecule has 0 saturated carbocycles. The minimum atomic E-state index is -0.787. The Balaban J connectivity index is 0.00000112. The zero-order chi connectivity index (χ0) is 9.97. The second kappa shape index (κ2) is 4.79. The standard InChI is InChI=1S/C10H9NO3.ClH/c12-10(13)4-2-7-1-3-9-8(5-7)11-6-14-9;/h1,3,5-6H,2,4H2,(H,12,13);1H. The predicted molar refractivity (Wildman–Crippen MR) is 57.2 cm³/mol. The normalized spacial score (nSPS) is 9.87. The van der Waals surface area contributed by atoms with Crippen LogP contribution in [-0.2, 0) is 11.2 Å². The quantitative estimate of drug-likeness (QED) is 0.874. The molecule has 0 saturated heterocycles. The van der Waals surface area contributed by atoms with Crippen LogP contribution >= 0.6 is 12.4 Å². The fraction of sp³-hybridized carbons (Fsp3) is 0.200. The Labute approximate surface area is 92.3 Å². The third-order valence-corrected chi connectivity index (χ3v) is 2.02. The van der Waals surface area contributed by atoms with Gasteiger partial charge in [0, 0.05) is 6.42 Å². The number of aliphatic carboxylic acids is 1. The van der Waals surface area contributed by atoms with E-state index in [1.54, 1.807) is 6.07 Å². The van der Waals surface area contributed by atoms with E-state index in [-0.39, 0.29) is 18.8 Å². The minimum Gasteiger partial charge on any atom is -0.481 e. The van der Waals surface area contributed by atoms with Crippen LogP contribution in [0.5, 0.6) is 0 Å². The summed E-state index contributed by atoms with van der Waals surface area (Å²) in [6.45, 7) is 0. The van der Waals surface area contributed by atoms with Crippen LogP contribution in [-0.4, -0.2) is 16.1 Å². The molecule has 0 aliphatic carbocycles. The second-order valence-corrected chi connectivity index (χ2v) is 3.05. The molecule has 0 radical (unpaired) electrons. The first-order chi connectivity index (χ1) is 6.75. The molecule has 0 bridgehead atoms. The van der Waals surface area contributed by atoms with Crippen molar-refractivity contribution in [3.8, 4) is 0 Å². The molecule has 2 rings (SSSR count). The van der Waals surface area contributed by atoms with E-state index in [1.807, 2.05) is 12.1 Å². The lowest BCUT2D eigenvalue weighted by molar-refractivity contribution is -0.136. The van der Waals surface area contributed by atoms with Gasteiger partial charge < -0.3 is 9.52 Å². The van der Waals surface area contributed by atoms with Crippen molar-refractivity contribution in [1.29, 1.82) is 0 Å². The number of aromatic nitrogens is 1. The highest BCUT2D eigenvalue weighted by Crippen LogP contribution is 2.15. The van der Waals surface area contributed by atoms with Gasteiger partial charge in [0.2, 0.25) is 0 Å². The molecular weight excluding hydrogens is 218 g/mol. The number of fused-ring (bicyclic) bond motifs is 1. The molecule has 0 fully saturated rings. The van der Waals surface area contributed by atoms with Crippen molar-refractivity contribution in [2.45, 2.75) is 12.8 Å². The number of carboxylic acid groups (broad SMARTS) is 1. The highest BCUT2D eigenvalue weighted by atomic mass is 35.5. The summed E-state index contributed by atoms with van der Waals surface area (Å²) in [7, 11) is 0. The Morgan fingerprint density at radius 3 is 3.00 bits per heavy atom. The summed E-state index contributed by atoms with van der Waals surface area (Å²) < 4.78 is 5.07. The van der Waals surface area contributed by atoms with E-state index in [0.29, 0.717) is 6.42 Å². The van der Waals surface area contributed by atoms with Crippen LogP contribution in [0.2, 0.25) is 0 Å². The smallest absolute Gasteiger partial charge is 0.303 e. The van der Waals surface area contributed by atoms with Crippen LogP contribution in [0.15, 0.2) is 29.0 Å². The molecule has 5 heteroatoms. The van der Waals surface area contributed by atoms with Crippen molar-refractivity contribution in [3.05, 3.63) is 30.2 Å². The first kappa shape index (κ1) is 11.5. The van der Waals surface area contributed by atoms with Crippen LogP contribution in [0.3, 0.4) is 0 Å². The fourth-order valence-corrected chi connectivity index (χ4v) is 1.31. The Morgan fingerprint density at radius 1 is 1.47 bits per heavy atom. The molecule has 0 amide bonds. The monoisotopic (exact) mass is 227 g/mol. The topological polar surface area (TPSA) is 63.3 Å². The summed E-state index contributed by atoms with van der Waals surface area (Å²) in [5, 5.41) is 8.51. The summed E-state index contributed by atoms with van der Waals surface area (Å²) in [5.74, 6) is -0.787. The third-order valence-electron chi connectivity index (χ3n) is 2.02. The van der Waals surface area contributed by atoms with E-state index >= 15 is 0 Å². The molecule has 15 heavy (non-hydrogen) atoms. The summed E-state index contributed by atoms with van der Waals surface area (Å²) >= 11 is 0. The number of hydrogen-bond donors (Lipinski definition) is 1. The lowest BCUT2D eigenvalue weighted by atomic mass is 10.1. The Hall–Kier alpha value is -1.55. The molecule has 2 aromatic rings. The summed E-state index contributed by atoms with van der Waals surface area (Å²) in [4.78, 5) is 14.3. The fourth-order valence-electron chi connectivity index (χ4n) is 1.31. The molecule has 0 unspecified atom stereocenters. The van der Waals surface area contributed by atoms with Crippen molar-refractivity contribution in [2.24, 2.45) is 0 Å². The van der Waals surface area contributed by atoms with Gasteiger partial charge in [-0.05, 0) is 24.1 Å². The van der Waals surface area contributed by atoms with Gasteiger partial charge in [-0.2, -0.15) is 0 Å². The van der Waals surface area contributed by atoms with E-state index < -0.39 is 5.97 Å². The average molecular weight is 228 g/mol. The van der Waals surface area contributed by atoms with Gasteiger partial charge in [0.05, 0.1) is 0 Å². The number of hydrogen-bond acceptors (Lipinski definition) is 3. The van der Waals surface area contributed by atoms with Crippen molar-refractivity contribution in [2.75, 3.05) is 0 Å². The number of carboxylic acids is 1. The predicted octanol–water partition coefficient (Wildman–Crippen LogP) is 2.27. The number of halogens is 1. The number of benzene rings is 1. The number of oxazole rings is 1. The maximum atomic E-state index is 10.4. The van der Waals surface area contributed by atoms with Crippen LogP contribution < -0.4 is 0 Å². The van der Waals surface area contributed by atoms with Gasteiger partial charge >= 0.3 is 5.97 Å². The Bertz CT molecular complexity index is 466. The molecule has 0 aliphatic heterocycles. The van der Waals surface area contributed by atoms with Gasteiger partial charge in [-0.15, -0.1) is 12.4 Å². The molecule has 0 spiro atoms. The summed E-state index contributed by atoms with van der Waals surface area (Å²) in [6, 6.07) is 5.51. The van der Waals surface area contributed by atoms with E-state index in [2.05, 4.69) is 4.98 Å². The van der Waals surface area contributed by atoms with Gasteiger partial charge in [0.1, 0.15) is 5.52 Å². The van der Waals surface area contributed by atoms with Crippen molar-refractivity contribution >= 4 is 29.5 Å². The average Bonchev–Trinajstić information content (AvgIpc) is 2.61. The molecule has 0 atom stereocenters. The molecule has 1 aromatic carbocycles. The van der Waals surface area contributed by atoms with E-state index in [9.17, 15) is 4.79 Å². The van der Waals surface area contributed by atoms with Gasteiger partial charge in [-0.3, -0.25) is 4.79 Å². The highest BCUT2D eigenvalue weighted by molar-refractivity contribution is 5.85. The summed E-state index contributed by atoms with van der Waals surface area (Å²) in [6.07, 6.45) is 2.05. The number of rotatable bonds is 3. The molecule has 0 aliphatic rings. The van der Waals surface area contributed by atoms with Gasteiger partial charge in [0.25, 0.3) is 0 Å². The van der Waals surface area contributed by atoms with E-state index in [1.165, 1.54) is 6.39 Å². The molecule has 1 aromatic heterocycles. The van der Waals surface area contributed by atoms with Crippen LogP contribution in [0.1, 0.15) is 12.0 Å². The van der Waals surface area contributed by atoms with Gasteiger partial charge in [-0.1, -0.05) is 6.07 Å². The van der Waals surface area contributed by atoms with E-state index in [0.717, 1.165) is 16.7 Å².